The van der Waals surface area contributed by atoms with Crippen molar-refractivity contribution in [1.29, 1.82) is 0 Å². The Bertz CT molecular complexity index is 268. The third-order valence-corrected chi connectivity index (χ3v) is 3.23. The number of nitrogens with two attached hydrogens (primary N) is 1. The number of esters is 1. The maximum absolute atomic E-state index is 11.6. The lowest BCUT2D eigenvalue weighted by molar-refractivity contribution is -0.161. The van der Waals surface area contributed by atoms with Crippen LogP contribution in [0.4, 0.5) is 0 Å². The molecular weight excluding hydrogens is 256 g/mol. The SMILES string of the molecule is C1CNCCN1.CC(C)(C)OC(=O)C1CCN(N)CC1. The van der Waals surface area contributed by atoms with Gasteiger partial charge in [-0.2, -0.15) is 0 Å². The van der Waals surface area contributed by atoms with E-state index in [-0.39, 0.29) is 17.5 Å². The maximum atomic E-state index is 11.6. The van der Waals surface area contributed by atoms with E-state index in [1.54, 1.807) is 5.01 Å². The number of piperazine rings is 1. The monoisotopic (exact) mass is 286 g/mol. The van der Waals surface area contributed by atoms with Gasteiger partial charge in [-0.05, 0) is 33.6 Å². The zero-order valence-corrected chi connectivity index (χ0v) is 13.1. The van der Waals surface area contributed by atoms with Gasteiger partial charge in [-0.1, -0.05) is 0 Å². The first-order valence-electron chi connectivity index (χ1n) is 7.52. The van der Waals surface area contributed by atoms with Crippen molar-refractivity contribution in [1.82, 2.24) is 15.6 Å². The Kier molecular flexibility index (Phi) is 7.43. The molecule has 6 heteroatoms. The summed E-state index contributed by atoms with van der Waals surface area (Å²) in [7, 11) is 0. The van der Waals surface area contributed by atoms with Crippen LogP contribution in [0.15, 0.2) is 0 Å². The van der Waals surface area contributed by atoms with E-state index in [0.29, 0.717) is 0 Å². The van der Waals surface area contributed by atoms with Gasteiger partial charge in [0, 0.05) is 39.3 Å². The van der Waals surface area contributed by atoms with Crippen molar-refractivity contribution >= 4 is 5.97 Å². The summed E-state index contributed by atoms with van der Waals surface area (Å²) >= 11 is 0. The summed E-state index contributed by atoms with van der Waals surface area (Å²) in [5.74, 6) is 5.56. The second-order valence-electron chi connectivity index (χ2n) is 6.34. The van der Waals surface area contributed by atoms with Crippen LogP contribution >= 0.6 is 0 Å². The highest BCUT2D eigenvalue weighted by atomic mass is 16.6. The van der Waals surface area contributed by atoms with Gasteiger partial charge in [0.25, 0.3) is 0 Å². The van der Waals surface area contributed by atoms with E-state index in [2.05, 4.69) is 10.6 Å². The minimum Gasteiger partial charge on any atom is -0.460 e. The zero-order chi connectivity index (χ0) is 15.0. The van der Waals surface area contributed by atoms with Crippen LogP contribution in [0.25, 0.3) is 0 Å². The molecule has 2 rings (SSSR count). The lowest BCUT2D eigenvalue weighted by Crippen LogP contribution is -2.42. The van der Waals surface area contributed by atoms with Gasteiger partial charge >= 0.3 is 5.97 Å². The van der Waals surface area contributed by atoms with E-state index in [4.69, 9.17) is 10.6 Å². The lowest BCUT2D eigenvalue weighted by atomic mass is 9.98. The Morgan fingerprint density at radius 3 is 1.90 bits per heavy atom. The highest BCUT2D eigenvalue weighted by Gasteiger charge is 2.27. The van der Waals surface area contributed by atoms with Crippen LogP contribution in [-0.4, -0.2) is 55.8 Å². The first-order valence-corrected chi connectivity index (χ1v) is 7.52. The van der Waals surface area contributed by atoms with Crippen LogP contribution in [0.2, 0.25) is 0 Å². The predicted molar refractivity (Wildman–Crippen MR) is 80.1 cm³/mol. The number of hydrogen-bond acceptors (Lipinski definition) is 6. The van der Waals surface area contributed by atoms with Crippen molar-refractivity contribution in [2.24, 2.45) is 11.8 Å². The number of carbonyl (C=O) groups excluding carboxylic acids is 1. The van der Waals surface area contributed by atoms with Gasteiger partial charge in [0.2, 0.25) is 0 Å². The summed E-state index contributed by atoms with van der Waals surface area (Å²) in [6, 6.07) is 0. The molecule has 0 amide bonds. The predicted octanol–water partition coefficient (Wildman–Crippen LogP) is 0.0930. The molecule has 0 aromatic heterocycles. The van der Waals surface area contributed by atoms with Crippen molar-refractivity contribution in [3.8, 4) is 0 Å². The van der Waals surface area contributed by atoms with Crippen LogP contribution in [0.1, 0.15) is 33.6 Å². The van der Waals surface area contributed by atoms with Gasteiger partial charge in [-0.15, -0.1) is 0 Å². The Morgan fingerprint density at radius 2 is 1.55 bits per heavy atom. The smallest absolute Gasteiger partial charge is 0.309 e. The van der Waals surface area contributed by atoms with Crippen molar-refractivity contribution in [3.05, 3.63) is 0 Å². The summed E-state index contributed by atoms with van der Waals surface area (Å²) in [6.07, 6.45) is 1.62. The Balaban J connectivity index is 0.000000276. The first kappa shape index (κ1) is 17.4. The molecule has 0 aromatic rings. The standard InChI is InChI=1S/C10H20N2O2.C4H10N2/c1-10(2,3)14-9(13)8-4-6-12(11)7-5-8;1-2-6-4-3-5-1/h8H,4-7,11H2,1-3H3;5-6H,1-4H2. The molecule has 20 heavy (non-hydrogen) atoms. The van der Waals surface area contributed by atoms with Gasteiger partial charge in [-0.25, -0.2) is 5.01 Å². The number of carbonyl (C=O) groups is 1. The largest absolute Gasteiger partial charge is 0.460 e. The van der Waals surface area contributed by atoms with E-state index in [9.17, 15) is 4.79 Å². The molecule has 0 saturated carbocycles. The number of nitrogens with one attached hydrogen (secondary N) is 2. The molecule has 0 aromatic carbocycles. The maximum Gasteiger partial charge on any atom is 0.309 e. The van der Waals surface area contributed by atoms with Crippen molar-refractivity contribution in [2.75, 3.05) is 39.3 Å². The molecule has 2 saturated heterocycles. The van der Waals surface area contributed by atoms with Crippen LogP contribution in [0.3, 0.4) is 0 Å². The third kappa shape index (κ3) is 7.79. The molecule has 0 aliphatic carbocycles. The van der Waals surface area contributed by atoms with E-state index in [1.165, 1.54) is 0 Å². The molecule has 2 heterocycles. The van der Waals surface area contributed by atoms with Crippen LogP contribution in [0, 0.1) is 5.92 Å². The molecule has 2 aliphatic heterocycles. The molecule has 0 spiro atoms. The number of hydrazine groups is 1. The highest BCUT2D eigenvalue weighted by Crippen LogP contribution is 2.19. The summed E-state index contributed by atoms with van der Waals surface area (Å²) in [5.41, 5.74) is -0.378. The molecule has 4 N–H and O–H groups in total. The lowest BCUT2D eigenvalue weighted by Gasteiger charge is -2.29. The fourth-order valence-electron chi connectivity index (χ4n) is 2.12. The van der Waals surface area contributed by atoms with E-state index in [1.807, 2.05) is 20.8 Å². The topological polar surface area (TPSA) is 79.6 Å². The Morgan fingerprint density at radius 1 is 1.10 bits per heavy atom. The van der Waals surface area contributed by atoms with E-state index < -0.39 is 0 Å². The molecule has 2 fully saturated rings. The van der Waals surface area contributed by atoms with Gasteiger partial charge in [0.1, 0.15) is 5.60 Å². The van der Waals surface area contributed by atoms with Gasteiger partial charge in [-0.3, -0.25) is 10.6 Å². The second-order valence-corrected chi connectivity index (χ2v) is 6.34. The number of rotatable bonds is 1. The van der Waals surface area contributed by atoms with Crippen LogP contribution in [0.5, 0.6) is 0 Å². The third-order valence-electron chi connectivity index (χ3n) is 3.23. The average molecular weight is 286 g/mol. The van der Waals surface area contributed by atoms with Crippen molar-refractivity contribution < 1.29 is 9.53 Å². The second kappa shape index (κ2) is 8.56. The van der Waals surface area contributed by atoms with Gasteiger partial charge < -0.3 is 15.4 Å². The molecule has 0 unspecified atom stereocenters. The summed E-state index contributed by atoms with van der Waals surface area (Å²) in [5, 5.41) is 8.20. The highest BCUT2D eigenvalue weighted by molar-refractivity contribution is 5.73. The Labute approximate surface area is 122 Å². The quantitative estimate of drug-likeness (QED) is 0.468. The molecule has 118 valence electrons. The number of nitrogens with zero attached hydrogens (tertiary/aromatic N) is 1. The summed E-state index contributed by atoms with van der Waals surface area (Å²) in [4.78, 5) is 11.6. The molecule has 6 nitrogen and oxygen atoms in total. The number of ether oxygens (including phenoxy) is 1. The fourth-order valence-corrected chi connectivity index (χ4v) is 2.12. The minimum absolute atomic E-state index is 0.0361. The van der Waals surface area contributed by atoms with Crippen molar-refractivity contribution in [2.45, 2.75) is 39.2 Å². The van der Waals surface area contributed by atoms with E-state index >= 15 is 0 Å². The molecule has 2 aliphatic rings. The average Bonchev–Trinajstić information content (AvgIpc) is 2.40. The fraction of sp³-hybridized carbons (Fsp3) is 0.929. The van der Waals surface area contributed by atoms with Crippen molar-refractivity contribution in [3.63, 3.8) is 0 Å². The number of hydrogen-bond donors (Lipinski definition) is 3. The van der Waals surface area contributed by atoms with Gasteiger partial charge in [0.15, 0.2) is 0 Å². The van der Waals surface area contributed by atoms with E-state index in [0.717, 1.165) is 52.1 Å². The zero-order valence-electron chi connectivity index (χ0n) is 13.1. The first-order chi connectivity index (χ1) is 9.38. The normalized spacial score (nSPS) is 21.8. The Hall–Kier alpha value is -0.690. The molecule has 0 bridgehead atoms. The van der Waals surface area contributed by atoms with Crippen LogP contribution < -0.4 is 16.5 Å². The number of piperidine rings is 1. The minimum atomic E-state index is -0.378. The summed E-state index contributed by atoms with van der Waals surface area (Å²) in [6.45, 7) is 11.8. The van der Waals surface area contributed by atoms with Crippen LogP contribution in [-0.2, 0) is 9.53 Å². The van der Waals surface area contributed by atoms with Gasteiger partial charge in [0.05, 0.1) is 5.92 Å². The molecule has 0 atom stereocenters. The molecule has 0 radical (unpaired) electrons. The molecular formula is C14H30N4O2. The summed E-state index contributed by atoms with van der Waals surface area (Å²) < 4.78 is 5.31.